The van der Waals surface area contributed by atoms with Crippen LogP contribution in [-0.2, 0) is 41.7 Å². The lowest BCUT2D eigenvalue weighted by Crippen LogP contribution is -2.40. The molecule has 0 saturated carbocycles. The Kier molecular flexibility index (Phi) is 7.42. The second-order valence-corrected chi connectivity index (χ2v) is 9.81. The van der Waals surface area contributed by atoms with E-state index in [0.29, 0.717) is 26.1 Å². The Morgan fingerprint density at radius 1 is 0.867 bits per heavy atom. The van der Waals surface area contributed by atoms with Crippen LogP contribution in [0.1, 0.15) is 103 Å². The molecule has 1 aromatic rings. The van der Waals surface area contributed by atoms with Gasteiger partial charge in [-0.25, -0.2) is 0 Å². The van der Waals surface area contributed by atoms with Crippen LogP contribution in [0, 0.1) is 0 Å². The van der Waals surface area contributed by atoms with Crippen LogP contribution in [0.3, 0.4) is 0 Å². The molecule has 4 heteroatoms. The summed E-state index contributed by atoms with van der Waals surface area (Å²) >= 11 is 0. The van der Waals surface area contributed by atoms with Crippen LogP contribution in [-0.4, -0.2) is 25.2 Å². The van der Waals surface area contributed by atoms with Gasteiger partial charge in [0.1, 0.15) is 0 Å². The van der Waals surface area contributed by atoms with Crippen molar-refractivity contribution in [3.63, 3.8) is 0 Å². The highest BCUT2D eigenvalue weighted by Gasteiger charge is 2.44. The zero-order chi connectivity index (χ0) is 22.7. The summed E-state index contributed by atoms with van der Waals surface area (Å²) in [4.78, 5) is 25.7. The Morgan fingerprint density at radius 3 is 1.83 bits per heavy atom. The largest absolute Gasteiger partial charge is 0.466 e. The van der Waals surface area contributed by atoms with Crippen molar-refractivity contribution in [2.45, 2.75) is 104 Å². The topological polar surface area (TPSA) is 52.6 Å². The third-order valence-electron chi connectivity index (χ3n) is 7.11. The molecule has 30 heavy (non-hydrogen) atoms. The number of benzene rings is 1. The molecule has 0 heterocycles. The van der Waals surface area contributed by atoms with E-state index >= 15 is 0 Å². The van der Waals surface area contributed by atoms with Crippen molar-refractivity contribution in [2.75, 3.05) is 13.2 Å². The fourth-order valence-electron chi connectivity index (χ4n) is 4.92. The van der Waals surface area contributed by atoms with E-state index in [2.05, 4.69) is 39.8 Å². The van der Waals surface area contributed by atoms with Crippen LogP contribution >= 0.6 is 0 Å². The van der Waals surface area contributed by atoms with Crippen molar-refractivity contribution in [1.29, 1.82) is 0 Å². The summed E-state index contributed by atoms with van der Waals surface area (Å²) in [6, 6.07) is 4.40. The highest BCUT2D eigenvalue weighted by Crippen LogP contribution is 2.48. The van der Waals surface area contributed by atoms with Crippen molar-refractivity contribution in [1.82, 2.24) is 0 Å². The fourth-order valence-corrected chi connectivity index (χ4v) is 4.92. The average molecular weight is 417 g/mol. The minimum absolute atomic E-state index is 0.0178. The Morgan fingerprint density at radius 2 is 1.37 bits per heavy atom. The highest BCUT2D eigenvalue weighted by atomic mass is 16.5. The van der Waals surface area contributed by atoms with Crippen LogP contribution in [0.4, 0.5) is 0 Å². The lowest BCUT2D eigenvalue weighted by Gasteiger charge is -2.44. The van der Waals surface area contributed by atoms with Gasteiger partial charge in [0.2, 0.25) is 0 Å². The number of hydrogen-bond acceptors (Lipinski definition) is 4. The zero-order valence-corrected chi connectivity index (χ0v) is 20.2. The molecular weight excluding hydrogens is 376 g/mol. The zero-order valence-electron chi connectivity index (χ0n) is 20.2. The number of rotatable bonds is 8. The lowest BCUT2D eigenvalue weighted by molar-refractivity contribution is -0.151. The second-order valence-electron chi connectivity index (χ2n) is 9.81. The predicted molar refractivity (Wildman–Crippen MR) is 121 cm³/mol. The van der Waals surface area contributed by atoms with Crippen molar-refractivity contribution in [3.8, 4) is 0 Å². The van der Waals surface area contributed by atoms with Gasteiger partial charge in [-0.05, 0) is 72.6 Å². The molecular formula is C26H40O4. The summed E-state index contributed by atoms with van der Waals surface area (Å²) in [5, 5.41) is 0. The summed E-state index contributed by atoms with van der Waals surface area (Å²) in [7, 11) is 0. The SMILES string of the molecule is CCOC(=O)Cc1cc2c(cc1C(CC)(CC)C(=O)OCC)C(C)(C)CCC2(C)C. The van der Waals surface area contributed by atoms with E-state index in [1.54, 1.807) is 0 Å². The molecule has 0 atom stereocenters. The minimum atomic E-state index is -0.759. The normalized spacial score (nSPS) is 17.2. The van der Waals surface area contributed by atoms with Gasteiger partial charge in [-0.1, -0.05) is 53.7 Å². The van der Waals surface area contributed by atoms with E-state index in [4.69, 9.17) is 9.47 Å². The molecule has 0 aromatic heterocycles. The summed E-state index contributed by atoms with van der Waals surface area (Å²) in [6.07, 6.45) is 3.61. The first-order valence-electron chi connectivity index (χ1n) is 11.5. The van der Waals surface area contributed by atoms with Gasteiger partial charge in [-0.2, -0.15) is 0 Å². The van der Waals surface area contributed by atoms with Crippen molar-refractivity contribution in [2.24, 2.45) is 0 Å². The van der Waals surface area contributed by atoms with Crippen molar-refractivity contribution >= 4 is 11.9 Å². The van der Waals surface area contributed by atoms with Gasteiger partial charge in [0, 0.05) is 0 Å². The fraction of sp³-hybridized carbons (Fsp3) is 0.692. The Bertz CT molecular complexity index is 784. The predicted octanol–water partition coefficient (Wildman–Crippen LogP) is 5.76. The molecule has 1 aliphatic carbocycles. The summed E-state index contributed by atoms with van der Waals surface area (Å²) in [5.74, 6) is -0.454. The van der Waals surface area contributed by atoms with E-state index in [-0.39, 0.29) is 29.2 Å². The van der Waals surface area contributed by atoms with Crippen LogP contribution in [0.5, 0.6) is 0 Å². The maximum absolute atomic E-state index is 13.2. The van der Waals surface area contributed by atoms with E-state index in [1.165, 1.54) is 11.1 Å². The van der Waals surface area contributed by atoms with Gasteiger partial charge >= 0.3 is 11.9 Å². The molecule has 2 rings (SSSR count). The molecule has 0 bridgehead atoms. The number of hydrogen-bond donors (Lipinski definition) is 0. The van der Waals surface area contributed by atoms with Gasteiger partial charge in [0.05, 0.1) is 25.0 Å². The van der Waals surface area contributed by atoms with Gasteiger partial charge in [0.15, 0.2) is 0 Å². The molecule has 0 amide bonds. The first kappa shape index (κ1) is 24.4. The molecule has 1 aliphatic rings. The van der Waals surface area contributed by atoms with E-state index in [1.807, 2.05) is 27.7 Å². The van der Waals surface area contributed by atoms with Gasteiger partial charge < -0.3 is 9.47 Å². The minimum Gasteiger partial charge on any atom is -0.466 e. The second kappa shape index (κ2) is 9.11. The number of fused-ring (bicyclic) bond motifs is 1. The van der Waals surface area contributed by atoms with Crippen molar-refractivity contribution in [3.05, 3.63) is 34.4 Å². The first-order valence-corrected chi connectivity index (χ1v) is 11.5. The van der Waals surface area contributed by atoms with Gasteiger partial charge in [0.25, 0.3) is 0 Å². The third kappa shape index (κ3) is 4.43. The van der Waals surface area contributed by atoms with Crippen LogP contribution < -0.4 is 0 Å². The summed E-state index contributed by atoms with van der Waals surface area (Å²) < 4.78 is 10.8. The lowest BCUT2D eigenvalue weighted by atomic mass is 9.61. The molecule has 1 aromatic carbocycles. The standard InChI is InChI=1S/C26H40O4/c1-9-26(10-2,23(28)30-12-4)19-17-21-20(15-18(19)16-22(27)29-11-3)24(5,6)13-14-25(21,7)8/h15,17H,9-14,16H2,1-8H3. The Balaban J connectivity index is 2.81. The highest BCUT2D eigenvalue weighted by molar-refractivity contribution is 5.85. The smallest absolute Gasteiger partial charge is 0.316 e. The maximum atomic E-state index is 13.2. The summed E-state index contributed by atoms with van der Waals surface area (Å²) in [6.45, 7) is 17.5. The van der Waals surface area contributed by atoms with E-state index < -0.39 is 5.41 Å². The van der Waals surface area contributed by atoms with Crippen LogP contribution in [0.2, 0.25) is 0 Å². The molecule has 4 nitrogen and oxygen atoms in total. The monoisotopic (exact) mass is 416 g/mol. The molecule has 0 N–H and O–H groups in total. The maximum Gasteiger partial charge on any atom is 0.316 e. The quantitative estimate of drug-likeness (QED) is 0.505. The Labute approximate surface area is 182 Å². The average Bonchev–Trinajstić information content (AvgIpc) is 2.68. The molecule has 0 spiro atoms. The van der Waals surface area contributed by atoms with Crippen LogP contribution in [0.15, 0.2) is 12.1 Å². The molecule has 0 unspecified atom stereocenters. The van der Waals surface area contributed by atoms with Crippen LogP contribution in [0.25, 0.3) is 0 Å². The summed E-state index contributed by atoms with van der Waals surface area (Å²) in [5.41, 5.74) is 3.69. The number of ether oxygens (including phenoxy) is 2. The van der Waals surface area contributed by atoms with Gasteiger partial charge in [-0.15, -0.1) is 0 Å². The molecule has 168 valence electrons. The van der Waals surface area contributed by atoms with E-state index in [0.717, 1.165) is 24.0 Å². The van der Waals surface area contributed by atoms with E-state index in [9.17, 15) is 9.59 Å². The molecule has 0 aliphatic heterocycles. The third-order valence-corrected chi connectivity index (χ3v) is 7.11. The molecule has 0 radical (unpaired) electrons. The van der Waals surface area contributed by atoms with Gasteiger partial charge in [-0.3, -0.25) is 9.59 Å². The molecule has 0 fully saturated rings. The number of carbonyl (C=O) groups is 2. The molecule has 0 saturated heterocycles. The van der Waals surface area contributed by atoms with Crippen molar-refractivity contribution < 1.29 is 19.1 Å². The first-order chi connectivity index (χ1) is 14.0. The Hall–Kier alpha value is -1.84. The number of esters is 2. The number of carbonyl (C=O) groups excluding carboxylic acids is 2.